The van der Waals surface area contributed by atoms with Crippen LogP contribution in [0.25, 0.3) is 0 Å². The van der Waals surface area contributed by atoms with Crippen LogP contribution in [0.5, 0.6) is 5.75 Å². The summed E-state index contributed by atoms with van der Waals surface area (Å²) in [7, 11) is -2.22. The second-order valence-corrected chi connectivity index (χ2v) is 7.02. The average molecular weight is 342 g/mol. The maximum atomic E-state index is 12.4. The minimum atomic E-state index is -3.67. The number of hydrogen-bond donors (Lipinski definition) is 2. The van der Waals surface area contributed by atoms with E-state index in [1.165, 1.54) is 25.3 Å². The number of carbonyl (C=O) groups is 1. The van der Waals surface area contributed by atoms with Crippen molar-refractivity contribution in [2.24, 2.45) is 0 Å². The van der Waals surface area contributed by atoms with Crippen LogP contribution in [-0.2, 0) is 19.6 Å². The molecule has 1 aromatic carbocycles. The van der Waals surface area contributed by atoms with Crippen molar-refractivity contribution in [3.63, 3.8) is 0 Å². The highest BCUT2D eigenvalue weighted by Gasteiger charge is 2.21. The Kier molecular flexibility index (Phi) is 5.97. The Bertz CT molecular complexity index is 654. The minimum absolute atomic E-state index is 0.0719. The van der Waals surface area contributed by atoms with Crippen LogP contribution in [0.1, 0.15) is 26.2 Å². The zero-order chi connectivity index (χ0) is 16.9. The summed E-state index contributed by atoms with van der Waals surface area (Å²) in [5.74, 6) is 0.190. The molecule has 1 amide bonds. The molecule has 1 saturated heterocycles. The van der Waals surface area contributed by atoms with Crippen LogP contribution < -0.4 is 14.8 Å². The number of hydrogen-bond acceptors (Lipinski definition) is 5. The Hall–Kier alpha value is -1.64. The largest absolute Gasteiger partial charge is 0.495 e. The van der Waals surface area contributed by atoms with Gasteiger partial charge in [0.2, 0.25) is 15.9 Å². The molecule has 1 aliphatic heterocycles. The molecule has 2 N–H and O–H groups in total. The quantitative estimate of drug-likeness (QED) is 0.783. The van der Waals surface area contributed by atoms with Gasteiger partial charge in [0, 0.05) is 19.6 Å². The molecule has 1 heterocycles. The lowest BCUT2D eigenvalue weighted by atomic mass is 10.2. The van der Waals surface area contributed by atoms with E-state index in [4.69, 9.17) is 9.47 Å². The van der Waals surface area contributed by atoms with Crippen LogP contribution in [0.4, 0.5) is 5.69 Å². The summed E-state index contributed by atoms with van der Waals surface area (Å²) >= 11 is 0. The molecule has 1 fully saturated rings. The molecular formula is C15H22N2O5S. The fourth-order valence-electron chi connectivity index (χ4n) is 2.28. The molecule has 7 nitrogen and oxygen atoms in total. The van der Waals surface area contributed by atoms with Gasteiger partial charge in [0.25, 0.3) is 0 Å². The summed E-state index contributed by atoms with van der Waals surface area (Å²) in [6.07, 6.45) is 2.00. The first-order valence-corrected chi connectivity index (χ1v) is 9.03. The second-order valence-electron chi connectivity index (χ2n) is 5.25. The normalized spacial score (nSPS) is 17.9. The predicted molar refractivity (Wildman–Crippen MR) is 86.1 cm³/mol. The van der Waals surface area contributed by atoms with E-state index in [1.54, 1.807) is 6.92 Å². The summed E-state index contributed by atoms with van der Waals surface area (Å²) in [4.78, 5) is 11.6. The standard InChI is InChI=1S/C15H22N2O5S/c1-3-15(18)17-13-9-12(6-7-14(13)21-2)23(19,20)16-10-11-5-4-8-22-11/h6-7,9,11,16H,3-5,8,10H2,1-2H3,(H,17,18). The van der Waals surface area contributed by atoms with Crippen molar-refractivity contribution < 1.29 is 22.7 Å². The van der Waals surface area contributed by atoms with Crippen LogP contribution in [0, 0.1) is 0 Å². The number of benzene rings is 1. The Balaban J connectivity index is 2.16. The molecule has 23 heavy (non-hydrogen) atoms. The molecule has 128 valence electrons. The Morgan fingerprint density at radius 1 is 1.43 bits per heavy atom. The summed E-state index contributed by atoms with van der Waals surface area (Å²) < 4.78 is 37.9. The maximum Gasteiger partial charge on any atom is 0.240 e. The van der Waals surface area contributed by atoms with Gasteiger partial charge in [-0.3, -0.25) is 4.79 Å². The molecule has 8 heteroatoms. The zero-order valence-corrected chi connectivity index (χ0v) is 14.1. The molecule has 0 bridgehead atoms. The van der Waals surface area contributed by atoms with Gasteiger partial charge in [-0.2, -0.15) is 0 Å². The van der Waals surface area contributed by atoms with E-state index in [2.05, 4.69) is 10.0 Å². The van der Waals surface area contributed by atoms with Crippen molar-refractivity contribution in [2.45, 2.75) is 37.2 Å². The third kappa shape index (κ3) is 4.66. The van der Waals surface area contributed by atoms with Gasteiger partial charge in [-0.25, -0.2) is 13.1 Å². The van der Waals surface area contributed by atoms with E-state index in [9.17, 15) is 13.2 Å². The van der Waals surface area contributed by atoms with E-state index in [1.807, 2.05) is 0 Å². The second kappa shape index (κ2) is 7.76. The van der Waals surface area contributed by atoms with Crippen molar-refractivity contribution in [3.05, 3.63) is 18.2 Å². The van der Waals surface area contributed by atoms with Crippen LogP contribution in [0.2, 0.25) is 0 Å². The minimum Gasteiger partial charge on any atom is -0.495 e. The molecule has 1 aromatic rings. The van der Waals surface area contributed by atoms with Crippen LogP contribution in [0.3, 0.4) is 0 Å². The van der Waals surface area contributed by atoms with E-state index < -0.39 is 10.0 Å². The van der Waals surface area contributed by atoms with E-state index in [0.717, 1.165) is 12.8 Å². The fourth-order valence-corrected chi connectivity index (χ4v) is 3.37. The van der Waals surface area contributed by atoms with Gasteiger partial charge in [0.15, 0.2) is 0 Å². The first-order chi connectivity index (χ1) is 11.0. The highest BCUT2D eigenvalue weighted by Crippen LogP contribution is 2.27. The molecule has 0 spiro atoms. The number of anilines is 1. The summed E-state index contributed by atoms with van der Waals surface area (Å²) in [5, 5.41) is 2.64. The van der Waals surface area contributed by atoms with Crippen LogP contribution >= 0.6 is 0 Å². The van der Waals surface area contributed by atoms with Crippen molar-refractivity contribution in [3.8, 4) is 5.75 Å². The number of rotatable bonds is 7. The zero-order valence-electron chi connectivity index (χ0n) is 13.3. The third-order valence-electron chi connectivity index (χ3n) is 3.60. The topological polar surface area (TPSA) is 93.7 Å². The van der Waals surface area contributed by atoms with Crippen molar-refractivity contribution in [1.82, 2.24) is 4.72 Å². The van der Waals surface area contributed by atoms with E-state index in [-0.39, 0.29) is 29.9 Å². The highest BCUT2D eigenvalue weighted by atomic mass is 32.2. The lowest BCUT2D eigenvalue weighted by Gasteiger charge is -2.14. The first-order valence-electron chi connectivity index (χ1n) is 7.55. The Morgan fingerprint density at radius 3 is 2.83 bits per heavy atom. The lowest BCUT2D eigenvalue weighted by molar-refractivity contribution is -0.115. The first kappa shape index (κ1) is 17.7. The van der Waals surface area contributed by atoms with Gasteiger partial charge in [-0.05, 0) is 31.0 Å². The van der Waals surface area contributed by atoms with E-state index >= 15 is 0 Å². The van der Waals surface area contributed by atoms with Gasteiger partial charge in [0.1, 0.15) is 5.75 Å². The number of ether oxygens (including phenoxy) is 2. The molecule has 2 rings (SSSR count). The predicted octanol–water partition coefficient (Wildman–Crippen LogP) is 1.50. The SMILES string of the molecule is CCC(=O)Nc1cc(S(=O)(=O)NCC2CCCO2)ccc1OC. The van der Waals surface area contributed by atoms with Crippen molar-refractivity contribution in [1.29, 1.82) is 0 Å². The van der Waals surface area contributed by atoms with Gasteiger partial charge < -0.3 is 14.8 Å². The molecule has 0 aromatic heterocycles. The molecule has 0 radical (unpaired) electrons. The molecule has 0 saturated carbocycles. The van der Waals surface area contributed by atoms with Gasteiger partial charge >= 0.3 is 0 Å². The number of methoxy groups -OCH3 is 1. The maximum absolute atomic E-state index is 12.4. The van der Waals surface area contributed by atoms with Gasteiger partial charge in [-0.15, -0.1) is 0 Å². The number of amides is 1. The molecule has 1 unspecified atom stereocenters. The van der Waals surface area contributed by atoms with Crippen molar-refractivity contribution in [2.75, 3.05) is 25.6 Å². The smallest absolute Gasteiger partial charge is 0.240 e. The van der Waals surface area contributed by atoms with Crippen molar-refractivity contribution >= 4 is 21.6 Å². The number of carbonyl (C=O) groups excluding carboxylic acids is 1. The fraction of sp³-hybridized carbons (Fsp3) is 0.533. The summed E-state index contributed by atoms with van der Waals surface area (Å²) in [5.41, 5.74) is 0.333. The number of nitrogens with one attached hydrogen (secondary N) is 2. The molecular weight excluding hydrogens is 320 g/mol. The average Bonchev–Trinajstić information content (AvgIpc) is 3.06. The van der Waals surface area contributed by atoms with Crippen LogP contribution in [-0.4, -0.2) is 40.7 Å². The summed E-state index contributed by atoms with van der Waals surface area (Å²) in [6, 6.07) is 4.36. The summed E-state index contributed by atoms with van der Waals surface area (Å²) in [6.45, 7) is 2.62. The lowest BCUT2D eigenvalue weighted by Crippen LogP contribution is -2.31. The van der Waals surface area contributed by atoms with E-state index in [0.29, 0.717) is 18.0 Å². The van der Waals surface area contributed by atoms with Gasteiger partial charge in [-0.1, -0.05) is 6.92 Å². The molecule has 0 aliphatic carbocycles. The monoisotopic (exact) mass is 342 g/mol. The third-order valence-corrected chi connectivity index (χ3v) is 5.02. The molecule has 1 atom stereocenters. The highest BCUT2D eigenvalue weighted by molar-refractivity contribution is 7.89. The molecule has 1 aliphatic rings. The van der Waals surface area contributed by atoms with Gasteiger partial charge in [0.05, 0.1) is 23.8 Å². The Morgan fingerprint density at radius 2 is 2.22 bits per heavy atom. The number of sulfonamides is 1. The van der Waals surface area contributed by atoms with Crippen LogP contribution in [0.15, 0.2) is 23.1 Å². The Labute approximate surface area is 136 Å².